The van der Waals surface area contributed by atoms with Crippen molar-refractivity contribution in [2.45, 2.75) is 17.9 Å². The van der Waals surface area contributed by atoms with Gasteiger partial charge in [0.2, 0.25) is 10.0 Å². The number of rotatable bonds is 3. The third-order valence-corrected chi connectivity index (χ3v) is 4.88. The first-order valence-electron chi connectivity index (χ1n) is 5.88. The van der Waals surface area contributed by atoms with Gasteiger partial charge in [-0.15, -0.1) is 0 Å². The number of aliphatic hydroxyl groups excluding tert-OH is 1. The molecule has 1 aliphatic rings. The Balaban J connectivity index is 2.23. The molecule has 1 atom stereocenters. The van der Waals surface area contributed by atoms with Gasteiger partial charge in [-0.2, -0.15) is 4.31 Å². The van der Waals surface area contributed by atoms with Gasteiger partial charge in [-0.3, -0.25) is 0 Å². The molecular weight excluding hydrogens is 254 g/mol. The highest BCUT2D eigenvalue weighted by Crippen LogP contribution is 2.19. The second-order valence-electron chi connectivity index (χ2n) is 4.26. The summed E-state index contributed by atoms with van der Waals surface area (Å²) in [6, 6.07) is 6.34. The molecule has 6 heteroatoms. The van der Waals surface area contributed by atoms with Crippen LogP contribution in [0, 0.1) is 0 Å². The molecule has 1 saturated heterocycles. The SMILES string of the molecule is C[C@@H](O)c1ccc(S(=O)(=O)N2CCOCC2)cc1. The first-order valence-corrected chi connectivity index (χ1v) is 7.32. The van der Waals surface area contributed by atoms with Crippen LogP contribution in [0.4, 0.5) is 0 Å². The normalized spacial score (nSPS) is 19.7. The van der Waals surface area contributed by atoms with Crippen molar-refractivity contribution in [2.24, 2.45) is 0 Å². The highest BCUT2D eigenvalue weighted by Gasteiger charge is 2.26. The maximum atomic E-state index is 12.3. The van der Waals surface area contributed by atoms with Crippen molar-refractivity contribution in [1.82, 2.24) is 4.31 Å². The van der Waals surface area contributed by atoms with Crippen LogP contribution in [0.1, 0.15) is 18.6 Å². The van der Waals surface area contributed by atoms with Crippen LogP contribution < -0.4 is 0 Å². The van der Waals surface area contributed by atoms with E-state index in [-0.39, 0.29) is 4.90 Å². The molecule has 5 nitrogen and oxygen atoms in total. The van der Waals surface area contributed by atoms with Gasteiger partial charge in [0.05, 0.1) is 24.2 Å². The van der Waals surface area contributed by atoms with Crippen molar-refractivity contribution in [3.8, 4) is 0 Å². The molecule has 0 unspecified atom stereocenters. The largest absolute Gasteiger partial charge is 0.389 e. The second-order valence-corrected chi connectivity index (χ2v) is 6.20. The van der Waals surface area contributed by atoms with Gasteiger partial charge in [-0.05, 0) is 24.6 Å². The third kappa shape index (κ3) is 2.72. The molecule has 18 heavy (non-hydrogen) atoms. The van der Waals surface area contributed by atoms with Crippen LogP contribution in [0.2, 0.25) is 0 Å². The maximum Gasteiger partial charge on any atom is 0.243 e. The molecule has 1 aliphatic heterocycles. The van der Waals surface area contributed by atoms with Crippen LogP contribution in [0.5, 0.6) is 0 Å². The van der Waals surface area contributed by atoms with Crippen molar-refractivity contribution in [3.05, 3.63) is 29.8 Å². The quantitative estimate of drug-likeness (QED) is 0.881. The van der Waals surface area contributed by atoms with Gasteiger partial charge < -0.3 is 9.84 Å². The number of ether oxygens (including phenoxy) is 1. The minimum Gasteiger partial charge on any atom is -0.389 e. The Morgan fingerprint density at radius 2 is 1.78 bits per heavy atom. The number of hydrogen-bond acceptors (Lipinski definition) is 4. The second kappa shape index (κ2) is 5.36. The fourth-order valence-electron chi connectivity index (χ4n) is 1.85. The van der Waals surface area contributed by atoms with E-state index in [0.717, 1.165) is 0 Å². The van der Waals surface area contributed by atoms with Gasteiger partial charge >= 0.3 is 0 Å². The molecule has 0 aliphatic carbocycles. The lowest BCUT2D eigenvalue weighted by Gasteiger charge is -2.26. The zero-order valence-electron chi connectivity index (χ0n) is 10.2. The van der Waals surface area contributed by atoms with Crippen molar-refractivity contribution >= 4 is 10.0 Å². The first-order chi connectivity index (χ1) is 8.51. The minimum atomic E-state index is -3.43. The molecule has 1 N–H and O–H groups in total. The number of morpholine rings is 1. The molecule has 100 valence electrons. The van der Waals surface area contributed by atoms with E-state index < -0.39 is 16.1 Å². The predicted molar refractivity (Wildman–Crippen MR) is 66.7 cm³/mol. The minimum absolute atomic E-state index is 0.258. The van der Waals surface area contributed by atoms with Crippen LogP contribution in [0.3, 0.4) is 0 Å². The highest BCUT2D eigenvalue weighted by atomic mass is 32.2. The lowest BCUT2D eigenvalue weighted by atomic mass is 10.1. The Bertz CT molecular complexity index is 489. The van der Waals surface area contributed by atoms with Crippen LogP contribution in [0.25, 0.3) is 0 Å². The van der Waals surface area contributed by atoms with Crippen LogP contribution in [-0.4, -0.2) is 44.1 Å². The topological polar surface area (TPSA) is 66.8 Å². The summed E-state index contributed by atoms with van der Waals surface area (Å²) in [5.41, 5.74) is 0.705. The van der Waals surface area contributed by atoms with E-state index in [0.29, 0.717) is 31.9 Å². The van der Waals surface area contributed by atoms with E-state index in [9.17, 15) is 13.5 Å². The number of aliphatic hydroxyl groups is 1. The summed E-state index contributed by atoms with van der Waals surface area (Å²) in [6.07, 6.45) is -0.592. The van der Waals surface area contributed by atoms with E-state index in [1.807, 2.05) is 0 Å². The Hall–Kier alpha value is -0.950. The summed E-state index contributed by atoms with van der Waals surface area (Å²) in [5, 5.41) is 9.39. The maximum absolute atomic E-state index is 12.3. The average molecular weight is 271 g/mol. The summed E-state index contributed by atoms with van der Waals surface area (Å²) in [7, 11) is -3.43. The third-order valence-electron chi connectivity index (χ3n) is 2.97. The molecule has 2 rings (SSSR count). The Labute approximate surface area is 107 Å². The van der Waals surface area contributed by atoms with E-state index in [4.69, 9.17) is 4.74 Å². The molecule has 0 aromatic heterocycles. The zero-order chi connectivity index (χ0) is 13.2. The summed E-state index contributed by atoms with van der Waals surface area (Å²) >= 11 is 0. The van der Waals surface area contributed by atoms with Crippen LogP contribution in [-0.2, 0) is 14.8 Å². The van der Waals surface area contributed by atoms with Crippen LogP contribution >= 0.6 is 0 Å². The Morgan fingerprint density at radius 3 is 2.28 bits per heavy atom. The van der Waals surface area contributed by atoms with Crippen molar-refractivity contribution in [3.63, 3.8) is 0 Å². The fraction of sp³-hybridized carbons (Fsp3) is 0.500. The van der Waals surface area contributed by atoms with Gasteiger partial charge in [-0.1, -0.05) is 12.1 Å². The molecule has 1 aromatic carbocycles. The molecule has 0 amide bonds. The fourth-order valence-corrected chi connectivity index (χ4v) is 3.26. The number of sulfonamides is 1. The van der Waals surface area contributed by atoms with E-state index in [1.54, 1.807) is 19.1 Å². The highest BCUT2D eigenvalue weighted by molar-refractivity contribution is 7.89. The molecule has 1 fully saturated rings. The van der Waals surface area contributed by atoms with Gasteiger partial charge in [0.15, 0.2) is 0 Å². The summed E-state index contributed by atoms with van der Waals surface area (Å²) in [6.45, 7) is 3.29. The molecule has 0 bridgehead atoms. The molecule has 1 heterocycles. The number of benzene rings is 1. The van der Waals surface area contributed by atoms with E-state index in [2.05, 4.69) is 0 Å². The van der Waals surface area contributed by atoms with Gasteiger partial charge in [0.25, 0.3) is 0 Å². The zero-order valence-corrected chi connectivity index (χ0v) is 11.1. The number of nitrogens with zero attached hydrogens (tertiary/aromatic N) is 1. The molecular formula is C12H17NO4S. The molecule has 0 saturated carbocycles. The number of hydrogen-bond donors (Lipinski definition) is 1. The predicted octanol–water partition coefficient (Wildman–Crippen LogP) is 0.761. The summed E-state index contributed by atoms with van der Waals surface area (Å²) < 4.78 is 31.1. The summed E-state index contributed by atoms with van der Waals surface area (Å²) in [5.74, 6) is 0. The van der Waals surface area contributed by atoms with E-state index in [1.165, 1.54) is 16.4 Å². The Morgan fingerprint density at radius 1 is 1.22 bits per heavy atom. The van der Waals surface area contributed by atoms with Gasteiger partial charge in [0, 0.05) is 13.1 Å². The summed E-state index contributed by atoms with van der Waals surface area (Å²) in [4.78, 5) is 0.258. The Kier molecular flexibility index (Phi) is 4.01. The van der Waals surface area contributed by atoms with Crippen molar-refractivity contribution in [1.29, 1.82) is 0 Å². The van der Waals surface area contributed by atoms with Crippen molar-refractivity contribution in [2.75, 3.05) is 26.3 Å². The standard InChI is InChI=1S/C12H17NO4S/c1-10(14)11-2-4-12(5-3-11)18(15,16)13-6-8-17-9-7-13/h2-5,10,14H,6-9H2,1H3/t10-/m1/s1. The van der Waals surface area contributed by atoms with E-state index >= 15 is 0 Å². The lowest BCUT2D eigenvalue weighted by molar-refractivity contribution is 0.0730. The van der Waals surface area contributed by atoms with Gasteiger partial charge in [-0.25, -0.2) is 8.42 Å². The average Bonchev–Trinajstić information content (AvgIpc) is 2.40. The molecule has 0 spiro atoms. The molecule has 1 aromatic rings. The van der Waals surface area contributed by atoms with Crippen molar-refractivity contribution < 1.29 is 18.3 Å². The van der Waals surface area contributed by atoms with Crippen LogP contribution in [0.15, 0.2) is 29.2 Å². The smallest absolute Gasteiger partial charge is 0.243 e. The molecule has 0 radical (unpaired) electrons. The first kappa shape index (κ1) is 13.5. The lowest BCUT2D eigenvalue weighted by Crippen LogP contribution is -2.40. The monoisotopic (exact) mass is 271 g/mol. The van der Waals surface area contributed by atoms with Gasteiger partial charge in [0.1, 0.15) is 0 Å².